The predicted molar refractivity (Wildman–Crippen MR) is 59.9 cm³/mol. The molecule has 0 atom stereocenters. The monoisotopic (exact) mass is 320 g/mol. The highest BCUT2D eigenvalue weighted by atomic mass is 32.1. The molecule has 1 aromatic rings. The van der Waals surface area contributed by atoms with Crippen LogP contribution in [0.1, 0.15) is 21.5 Å². The second-order valence-electron chi connectivity index (χ2n) is 3.82. The fourth-order valence-corrected chi connectivity index (χ4v) is 2.19. The molecule has 0 saturated heterocycles. The molecule has 1 rings (SSSR count). The number of alkyl halides is 6. The van der Waals surface area contributed by atoms with Crippen LogP contribution in [-0.2, 0) is 11.2 Å². The molecule has 0 unspecified atom stereocenters. The number of rotatable bonds is 5. The van der Waals surface area contributed by atoms with E-state index in [0.717, 1.165) is 16.2 Å². The fourth-order valence-electron chi connectivity index (χ4n) is 1.32. The van der Waals surface area contributed by atoms with E-state index in [4.69, 9.17) is 0 Å². The van der Waals surface area contributed by atoms with E-state index in [1.807, 2.05) is 0 Å². The van der Waals surface area contributed by atoms with Crippen molar-refractivity contribution in [2.45, 2.75) is 31.8 Å². The second kappa shape index (κ2) is 6.13. The van der Waals surface area contributed by atoms with Gasteiger partial charge in [0.2, 0.25) is 6.10 Å². The minimum atomic E-state index is -5.61. The van der Waals surface area contributed by atoms with Gasteiger partial charge in [0.25, 0.3) is 0 Å². The average molecular weight is 320 g/mol. The second-order valence-corrected chi connectivity index (χ2v) is 4.99. The van der Waals surface area contributed by atoms with Crippen LogP contribution >= 0.6 is 11.3 Å². The van der Waals surface area contributed by atoms with Gasteiger partial charge in [-0.05, 0) is 18.6 Å². The van der Waals surface area contributed by atoms with Crippen molar-refractivity contribution in [3.8, 4) is 0 Å². The van der Waals surface area contributed by atoms with Crippen LogP contribution < -0.4 is 0 Å². The minimum absolute atomic E-state index is 0.0740. The Labute approximate surface area is 114 Å². The Morgan fingerprint density at radius 1 is 1.20 bits per heavy atom. The number of halogens is 6. The third kappa shape index (κ3) is 4.48. The molecule has 0 bridgehead atoms. The van der Waals surface area contributed by atoms with Crippen molar-refractivity contribution in [3.63, 3.8) is 0 Å². The summed E-state index contributed by atoms with van der Waals surface area (Å²) in [4.78, 5) is 12.4. The molecule has 0 fully saturated rings. The topological polar surface area (TPSA) is 26.3 Å². The molecular formula is C11H10F6O2S. The Morgan fingerprint density at radius 2 is 1.75 bits per heavy atom. The highest BCUT2D eigenvalue weighted by molar-refractivity contribution is 7.14. The fraction of sp³-hybridized carbons (Fsp3) is 0.545. The zero-order valence-electron chi connectivity index (χ0n) is 10.1. The lowest BCUT2D eigenvalue weighted by Gasteiger charge is -2.22. The molecule has 1 aromatic heterocycles. The van der Waals surface area contributed by atoms with Gasteiger partial charge in [-0.1, -0.05) is 6.92 Å². The van der Waals surface area contributed by atoms with E-state index in [2.05, 4.69) is 4.74 Å². The van der Waals surface area contributed by atoms with Gasteiger partial charge in [0.05, 0.1) is 4.88 Å². The van der Waals surface area contributed by atoms with Crippen LogP contribution in [0.4, 0.5) is 26.3 Å². The van der Waals surface area contributed by atoms with Crippen molar-refractivity contribution in [2.75, 3.05) is 6.61 Å². The van der Waals surface area contributed by atoms with Crippen LogP contribution in [0.3, 0.4) is 0 Å². The van der Waals surface area contributed by atoms with E-state index < -0.39 is 30.8 Å². The summed E-state index contributed by atoms with van der Waals surface area (Å²) < 4.78 is 76.8. The Morgan fingerprint density at radius 3 is 2.15 bits per heavy atom. The maximum absolute atomic E-state index is 12.2. The molecule has 114 valence electrons. The van der Waals surface area contributed by atoms with Crippen molar-refractivity contribution >= 4 is 17.1 Å². The number of ether oxygens (including phenoxy) is 1. The average Bonchev–Trinajstić information content (AvgIpc) is 2.73. The zero-order valence-corrected chi connectivity index (χ0v) is 11.0. The summed E-state index contributed by atoms with van der Waals surface area (Å²) in [6.45, 7) is 0.535. The van der Waals surface area contributed by atoms with Crippen LogP contribution in [-0.4, -0.2) is 30.8 Å². The van der Waals surface area contributed by atoms with Crippen molar-refractivity contribution in [1.82, 2.24) is 0 Å². The number of carbonyl (C=O) groups excluding carboxylic acids is 1. The van der Waals surface area contributed by atoms with E-state index in [0.29, 0.717) is 6.42 Å². The molecule has 0 aliphatic rings. The summed E-state index contributed by atoms with van der Waals surface area (Å²) in [5.41, 5.74) is 0. The maximum Gasteiger partial charge on any atom is 0.423 e. The summed E-state index contributed by atoms with van der Waals surface area (Å²) in [6.07, 6.45) is -14.6. The van der Waals surface area contributed by atoms with Gasteiger partial charge in [-0.2, -0.15) is 26.3 Å². The smallest absolute Gasteiger partial charge is 0.353 e. The standard InChI is InChI=1S/C11H10F6O2S/c1-2-6-3-4-8(20-6)7(18)5-19-9(10(12,13)14)11(15,16)17/h3-4,9H,2,5H2,1H3. The quantitative estimate of drug-likeness (QED) is 0.605. The summed E-state index contributed by atoms with van der Waals surface area (Å²) in [6, 6.07) is 2.94. The van der Waals surface area contributed by atoms with Crippen LogP contribution in [0.2, 0.25) is 0 Å². The lowest BCUT2D eigenvalue weighted by Crippen LogP contribution is -2.45. The van der Waals surface area contributed by atoms with Crippen LogP contribution in [0.5, 0.6) is 0 Å². The van der Waals surface area contributed by atoms with Crippen molar-refractivity contribution in [1.29, 1.82) is 0 Å². The highest BCUT2D eigenvalue weighted by Gasteiger charge is 2.58. The summed E-state index contributed by atoms with van der Waals surface area (Å²) in [5.74, 6) is -0.909. The van der Waals surface area contributed by atoms with Crippen molar-refractivity contribution < 1.29 is 35.9 Å². The van der Waals surface area contributed by atoms with E-state index in [-0.39, 0.29) is 4.88 Å². The SMILES string of the molecule is CCc1ccc(C(=O)COC(C(F)(F)F)C(F)(F)F)s1. The zero-order chi connectivity index (χ0) is 15.6. The molecule has 0 aliphatic carbocycles. The Kier molecular flexibility index (Phi) is 5.20. The number of Topliss-reactive ketones (excluding diaryl/α,β-unsaturated/α-hetero) is 1. The molecule has 9 heteroatoms. The lowest BCUT2D eigenvalue weighted by molar-refractivity contribution is -0.318. The van der Waals surface area contributed by atoms with Gasteiger partial charge < -0.3 is 4.74 Å². The molecule has 1 heterocycles. The predicted octanol–water partition coefficient (Wildman–Crippen LogP) is 4.00. The Hall–Kier alpha value is -1.09. The van der Waals surface area contributed by atoms with Crippen LogP contribution in [0.15, 0.2) is 12.1 Å². The molecular weight excluding hydrogens is 310 g/mol. The van der Waals surface area contributed by atoms with Gasteiger partial charge in [0.1, 0.15) is 6.61 Å². The van der Waals surface area contributed by atoms with Gasteiger partial charge in [0.15, 0.2) is 5.78 Å². The number of ketones is 1. The van der Waals surface area contributed by atoms with Crippen molar-refractivity contribution in [2.24, 2.45) is 0 Å². The minimum Gasteiger partial charge on any atom is -0.353 e. The molecule has 2 nitrogen and oxygen atoms in total. The molecule has 0 amide bonds. The van der Waals surface area contributed by atoms with Gasteiger partial charge >= 0.3 is 12.4 Å². The van der Waals surface area contributed by atoms with Gasteiger partial charge in [-0.3, -0.25) is 4.79 Å². The number of hydrogen-bond donors (Lipinski definition) is 0. The van der Waals surface area contributed by atoms with Gasteiger partial charge in [-0.15, -0.1) is 11.3 Å². The lowest BCUT2D eigenvalue weighted by atomic mass is 10.3. The Bertz CT molecular complexity index is 448. The third-order valence-corrected chi connectivity index (χ3v) is 3.53. The molecule has 20 heavy (non-hydrogen) atoms. The van der Waals surface area contributed by atoms with Crippen molar-refractivity contribution in [3.05, 3.63) is 21.9 Å². The molecule has 0 radical (unpaired) electrons. The van der Waals surface area contributed by atoms with E-state index in [9.17, 15) is 31.1 Å². The van der Waals surface area contributed by atoms with E-state index >= 15 is 0 Å². The van der Waals surface area contributed by atoms with Crippen LogP contribution in [0.25, 0.3) is 0 Å². The van der Waals surface area contributed by atoms with E-state index in [1.165, 1.54) is 6.07 Å². The molecule has 0 aliphatic heterocycles. The summed E-state index contributed by atoms with van der Waals surface area (Å²) in [5, 5.41) is 0. The third-order valence-electron chi connectivity index (χ3n) is 2.26. The molecule has 0 aromatic carbocycles. The first kappa shape index (κ1) is 17.0. The van der Waals surface area contributed by atoms with Gasteiger partial charge in [0, 0.05) is 4.88 Å². The first-order chi connectivity index (χ1) is 9.05. The normalized spacial score (nSPS) is 13.0. The summed E-state index contributed by atoms with van der Waals surface area (Å²) in [7, 11) is 0. The first-order valence-electron chi connectivity index (χ1n) is 5.42. The highest BCUT2D eigenvalue weighted by Crippen LogP contribution is 2.35. The number of hydrogen-bond acceptors (Lipinski definition) is 3. The largest absolute Gasteiger partial charge is 0.423 e. The molecule has 0 spiro atoms. The number of carbonyl (C=O) groups is 1. The maximum atomic E-state index is 12.2. The van der Waals surface area contributed by atoms with Crippen LogP contribution in [0, 0.1) is 0 Å². The molecule has 0 saturated carbocycles. The number of aryl methyl sites for hydroxylation is 1. The van der Waals surface area contributed by atoms with Gasteiger partial charge in [-0.25, -0.2) is 0 Å². The molecule has 0 N–H and O–H groups in total. The summed E-state index contributed by atoms with van der Waals surface area (Å²) >= 11 is 1.02. The Balaban J connectivity index is 2.71. The first-order valence-corrected chi connectivity index (χ1v) is 6.24. The number of thiophene rings is 1. The van der Waals surface area contributed by atoms with E-state index in [1.54, 1.807) is 13.0 Å².